The molecule has 3 aromatic carbocycles. The Bertz CT molecular complexity index is 1010. The van der Waals surface area contributed by atoms with Crippen molar-refractivity contribution in [2.75, 3.05) is 0 Å². The van der Waals surface area contributed by atoms with Crippen molar-refractivity contribution in [3.8, 4) is 11.1 Å². The van der Waals surface area contributed by atoms with Crippen molar-refractivity contribution >= 4 is 12.2 Å². The molecule has 0 fully saturated rings. The Morgan fingerprint density at radius 3 is 1.81 bits per heavy atom. The van der Waals surface area contributed by atoms with Gasteiger partial charge in [0.15, 0.2) is 0 Å². The largest absolute Gasteiger partial charge is 1.00 e. The number of benzene rings is 3. The normalized spacial score (nSPS) is 13.8. The summed E-state index contributed by atoms with van der Waals surface area (Å²) in [4.78, 5) is 0. The van der Waals surface area contributed by atoms with Gasteiger partial charge in [-0.3, -0.25) is 0 Å². The molecule has 0 saturated heterocycles. The van der Waals surface area contributed by atoms with Crippen LogP contribution in [0.15, 0.2) is 94.3 Å². The molecule has 2 aliphatic carbocycles. The first-order valence-corrected chi connectivity index (χ1v) is 20.9. The van der Waals surface area contributed by atoms with Crippen LogP contribution in [0, 0.1) is 0 Å². The topological polar surface area (TPSA) is 0 Å². The molecule has 0 heterocycles. The Hall–Kier alpha value is -1.18. The molecule has 0 spiro atoms. The minimum atomic E-state index is -1.71. The first-order valence-electron chi connectivity index (χ1n) is 10.9. The van der Waals surface area contributed by atoms with Crippen LogP contribution < -0.4 is 24.8 Å². The van der Waals surface area contributed by atoms with Gasteiger partial charge in [-0.15, -0.1) is 0 Å². The van der Waals surface area contributed by atoms with Crippen LogP contribution in [0.1, 0.15) is 40.6 Å². The fourth-order valence-corrected chi connectivity index (χ4v) is 21.7. The molecule has 0 nitrogen and oxygen atoms in total. The molecular formula is C27H29Cl2SiZr. The zero-order valence-corrected chi connectivity index (χ0v) is 23.8. The van der Waals surface area contributed by atoms with E-state index < -0.39 is 20.9 Å². The first kappa shape index (κ1) is 26.1. The van der Waals surface area contributed by atoms with Gasteiger partial charge in [0.1, 0.15) is 0 Å². The van der Waals surface area contributed by atoms with E-state index >= 15 is 0 Å². The van der Waals surface area contributed by atoms with Crippen molar-refractivity contribution in [2.45, 2.75) is 30.4 Å². The van der Waals surface area contributed by atoms with Gasteiger partial charge in [-0.2, -0.15) is 0 Å². The summed E-state index contributed by atoms with van der Waals surface area (Å²) >= 11 is -1.71. The minimum Gasteiger partial charge on any atom is -1.00 e. The maximum absolute atomic E-state index is 2.57. The van der Waals surface area contributed by atoms with E-state index in [0.717, 1.165) is 3.63 Å². The van der Waals surface area contributed by atoms with Gasteiger partial charge in [0.2, 0.25) is 0 Å². The third kappa shape index (κ3) is 5.09. The van der Waals surface area contributed by atoms with Gasteiger partial charge in [-0.25, -0.2) is 0 Å². The molecule has 0 atom stereocenters. The van der Waals surface area contributed by atoms with Crippen LogP contribution >= 0.6 is 0 Å². The Labute approximate surface area is 209 Å². The van der Waals surface area contributed by atoms with Gasteiger partial charge in [0.05, 0.1) is 0 Å². The fraction of sp³-hybridized carbons (Fsp3) is 0.185. The summed E-state index contributed by atoms with van der Waals surface area (Å²) in [6.07, 6.45) is 6.24. The molecule has 4 heteroatoms. The molecule has 2 aliphatic rings. The summed E-state index contributed by atoms with van der Waals surface area (Å²) < 4.78 is 2.56. The molecule has 0 saturated carbocycles. The maximum atomic E-state index is 2.57. The van der Waals surface area contributed by atoms with E-state index in [4.69, 9.17) is 0 Å². The maximum Gasteiger partial charge on any atom is -1.00 e. The minimum absolute atomic E-state index is 0. The third-order valence-corrected chi connectivity index (χ3v) is 23.6. The predicted octanol–water partition coefficient (Wildman–Crippen LogP) is 0.912. The zero-order chi connectivity index (χ0) is 20.2. The number of allylic oxidation sites excluding steroid dienone is 4. The predicted molar refractivity (Wildman–Crippen MR) is 127 cm³/mol. The van der Waals surface area contributed by atoms with Crippen LogP contribution in [0.25, 0.3) is 16.7 Å². The van der Waals surface area contributed by atoms with Crippen molar-refractivity contribution in [2.24, 2.45) is 0 Å². The quantitative estimate of drug-likeness (QED) is 0.430. The van der Waals surface area contributed by atoms with Gasteiger partial charge in [-0.05, 0) is 0 Å². The summed E-state index contributed by atoms with van der Waals surface area (Å²) in [6, 6.07) is 29.3. The van der Waals surface area contributed by atoms with E-state index in [2.05, 4.69) is 97.6 Å². The van der Waals surface area contributed by atoms with Crippen LogP contribution in [0.4, 0.5) is 0 Å². The summed E-state index contributed by atoms with van der Waals surface area (Å²) in [5, 5.41) is 0. The SMILES string of the molecule is CC.C[SiH2][Zr+2]([C]1=CC(c2ccccc2)=CC1)[CH]1c2ccccc2-c2ccccc21.[Cl-].[Cl-]. The average molecular weight is 544 g/mol. The van der Waals surface area contributed by atoms with Crippen LogP contribution in [0.3, 0.4) is 0 Å². The summed E-state index contributed by atoms with van der Waals surface area (Å²) in [6.45, 7) is 6.55. The summed E-state index contributed by atoms with van der Waals surface area (Å²) in [7, 11) is 0. The van der Waals surface area contributed by atoms with Crippen molar-refractivity contribution in [1.82, 2.24) is 0 Å². The number of hydrogen-bond donors (Lipinski definition) is 0. The van der Waals surface area contributed by atoms with E-state index in [-0.39, 0.29) is 31.5 Å². The van der Waals surface area contributed by atoms with Crippen LogP contribution in [-0.2, 0) is 20.9 Å². The van der Waals surface area contributed by atoms with E-state index in [1.165, 1.54) is 28.7 Å². The summed E-state index contributed by atoms with van der Waals surface area (Å²) in [5.74, 6) is 0. The smallest absolute Gasteiger partial charge is 1.00 e. The molecule has 31 heavy (non-hydrogen) atoms. The monoisotopic (exact) mass is 541 g/mol. The van der Waals surface area contributed by atoms with Gasteiger partial charge < -0.3 is 24.8 Å². The molecule has 0 radical (unpaired) electrons. The molecule has 0 bridgehead atoms. The summed E-state index contributed by atoms with van der Waals surface area (Å²) in [5.41, 5.74) is 9.06. The van der Waals surface area contributed by atoms with Gasteiger partial charge in [-0.1, -0.05) is 13.8 Å². The van der Waals surface area contributed by atoms with E-state index in [1.807, 2.05) is 17.1 Å². The van der Waals surface area contributed by atoms with Crippen molar-refractivity contribution < 1.29 is 45.7 Å². The molecule has 3 aromatic rings. The Morgan fingerprint density at radius 1 is 0.742 bits per heavy atom. The number of hydrogen-bond acceptors (Lipinski definition) is 0. The van der Waals surface area contributed by atoms with Crippen LogP contribution in [0.5, 0.6) is 0 Å². The Morgan fingerprint density at radius 2 is 1.26 bits per heavy atom. The molecule has 0 N–H and O–H groups in total. The molecule has 0 aromatic heterocycles. The van der Waals surface area contributed by atoms with Crippen LogP contribution in [-0.4, -0.2) is 6.65 Å². The molecule has 159 valence electrons. The van der Waals surface area contributed by atoms with Crippen molar-refractivity contribution in [1.29, 1.82) is 0 Å². The van der Waals surface area contributed by atoms with E-state index in [0.29, 0.717) is 0 Å². The number of rotatable bonds is 4. The second-order valence-corrected chi connectivity index (χ2v) is 23.4. The van der Waals surface area contributed by atoms with Crippen LogP contribution in [0.2, 0.25) is 6.55 Å². The standard InChI is InChI=1S/C13H9.C11H9.C2H6.CH5Si.2ClH.Zr/c1-3-7-12-10(5-1)9-11-6-2-4-8-13(11)12;1-2-6-10(7-3-1)11-8-4-5-9-11;2*1-2;;;/h1-9H;1-3,6-9H,4H2;1-2H3;2H2,1H3;2*1H;/q;;;;;;+2/p-2. The molecule has 0 aliphatic heterocycles. The fourth-order valence-electron chi connectivity index (χ4n) is 4.73. The second-order valence-electron chi connectivity index (χ2n) is 7.39. The van der Waals surface area contributed by atoms with E-state index in [9.17, 15) is 0 Å². The molecular weight excluding hydrogens is 515 g/mol. The van der Waals surface area contributed by atoms with Gasteiger partial charge in [0.25, 0.3) is 0 Å². The number of halogens is 2. The van der Waals surface area contributed by atoms with Crippen molar-refractivity contribution in [3.05, 3.63) is 111 Å². The third-order valence-electron chi connectivity index (χ3n) is 5.95. The molecule has 5 rings (SSSR count). The Balaban J connectivity index is 0.000000830. The first-order chi connectivity index (χ1) is 14.4. The average Bonchev–Trinajstić information content (AvgIpc) is 3.41. The van der Waals surface area contributed by atoms with Crippen molar-refractivity contribution in [3.63, 3.8) is 0 Å². The molecule has 0 amide bonds. The number of fused-ring (bicyclic) bond motifs is 3. The Kier molecular flexibility index (Phi) is 10.2. The van der Waals surface area contributed by atoms with E-state index in [1.54, 1.807) is 11.1 Å². The molecule has 0 unspecified atom stereocenters. The van der Waals surface area contributed by atoms with Gasteiger partial charge >= 0.3 is 172 Å². The van der Waals surface area contributed by atoms with Gasteiger partial charge in [0, 0.05) is 0 Å². The zero-order valence-electron chi connectivity index (χ0n) is 18.4. The second kappa shape index (κ2) is 12.2.